The van der Waals surface area contributed by atoms with E-state index in [0.717, 1.165) is 3.57 Å². The summed E-state index contributed by atoms with van der Waals surface area (Å²) in [7, 11) is 0. The average Bonchev–Trinajstić information content (AvgIpc) is 2.08. The van der Waals surface area contributed by atoms with Crippen molar-refractivity contribution in [3.63, 3.8) is 0 Å². The zero-order valence-corrected chi connectivity index (χ0v) is 9.68. The number of carbonyl (C=O) groups is 1. The van der Waals surface area contributed by atoms with E-state index >= 15 is 0 Å². The molecule has 0 amide bonds. The molecule has 1 aromatic carbocycles. The van der Waals surface area contributed by atoms with Crippen LogP contribution in [0.25, 0.3) is 0 Å². The molecular formula is C8H5F2IO2S. The maximum Gasteiger partial charge on any atom is 0.393 e. The summed E-state index contributed by atoms with van der Waals surface area (Å²) >= 11 is 2.06. The van der Waals surface area contributed by atoms with Crippen molar-refractivity contribution >= 4 is 40.3 Å². The lowest BCUT2D eigenvalue weighted by atomic mass is 10.4. The normalized spacial score (nSPS) is 11.4. The second-order valence-corrected chi connectivity index (χ2v) is 4.81. The zero-order valence-electron chi connectivity index (χ0n) is 6.71. The summed E-state index contributed by atoms with van der Waals surface area (Å²) in [5, 5.41) is 4.41. The minimum atomic E-state index is -3.77. The standard InChI is InChI=1S/C8H5F2IO2S/c9-8(10,7(12)13)14-6-3-1-5(11)2-4-6/h1-4H,(H,12,13). The van der Waals surface area contributed by atoms with Crippen LogP contribution in [0.1, 0.15) is 0 Å². The monoisotopic (exact) mass is 330 g/mol. The number of alkyl halides is 2. The first-order chi connectivity index (χ1) is 6.42. The number of thioether (sulfide) groups is 1. The molecule has 0 aliphatic heterocycles. The first-order valence-electron chi connectivity index (χ1n) is 3.47. The molecule has 0 heterocycles. The number of carboxylic acids is 1. The lowest BCUT2D eigenvalue weighted by Crippen LogP contribution is -2.23. The number of carboxylic acid groups (broad SMARTS) is 1. The van der Waals surface area contributed by atoms with Gasteiger partial charge in [0.1, 0.15) is 0 Å². The van der Waals surface area contributed by atoms with Gasteiger partial charge < -0.3 is 5.11 Å². The molecule has 1 N–H and O–H groups in total. The van der Waals surface area contributed by atoms with E-state index in [4.69, 9.17) is 5.11 Å². The Morgan fingerprint density at radius 2 is 1.86 bits per heavy atom. The van der Waals surface area contributed by atoms with Crippen molar-refractivity contribution in [1.29, 1.82) is 0 Å². The second kappa shape index (κ2) is 4.43. The molecule has 0 unspecified atom stereocenters. The van der Waals surface area contributed by atoms with Crippen LogP contribution in [0.4, 0.5) is 8.78 Å². The molecule has 76 valence electrons. The molecule has 1 aromatic rings. The van der Waals surface area contributed by atoms with Crippen molar-refractivity contribution in [2.75, 3.05) is 0 Å². The second-order valence-electron chi connectivity index (χ2n) is 2.38. The Kier molecular flexibility index (Phi) is 3.71. The van der Waals surface area contributed by atoms with Crippen LogP contribution in [0.2, 0.25) is 0 Å². The number of aliphatic carboxylic acids is 1. The molecule has 0 saturated heterocycles. The van der Waals surface area contributed by atoms with Gasteiger partial charge in [-0.05, 0) is 58.6 Å². The molecule has 0 bridgehead atoms. The zero-order chi connectivity index (χ0) is 10.8. The van der Waals surface area contributed by atoms with Crippen LogP contribution < -0.4 is 0 Å². The highest BCUT2D eigenvalue weighted by atomic mass is 127. The molecule has 6 heteroatoms. The molecule has 14 heavy (non-hydrogen) atoms. The highest BCUT2D eigenvalue weighted by molar-refractivity contribution is 14.1. The van der Waals surface area contributed by atoms with Gasteiger partial charge >= 0.3 is 11.2 Å². The molecule has 2 nitrogen and oxygen atoms in total. The Labute approximate surface area is 96.8 Å². The average molecular weight is 330 g/mol. The smallest absolute Gasteiger partial charge is 0.393 e. The van der Waals surface area contributed by atoms with E-state index in [0.29, 0.717) is 0 Å². The fourth-order valence-electron chi connectivity index (χ4n) is 0.694. The first-order valence-corrected chi connectivity index (χ1v) is 5.37. The van der Waals surface area contributed by atoms with Crippen molar-refractivity contribution in [2.45, 2.75) is 10.2 Å². The number of halogens is 3. The summed E-state index contributed by atoms with van der Waals surface area (Å²) < 4.78 is 26.3. The van der Waals surface area contributed by atoms with Crippen LogP contribution in [0, 0.1) is 3.57 Å². The van der Waals surface area contributed by atoms with E-state index in [1.807, 2.05) is 22.6 Å². The van der Waals surface area contributed by atoms with E-state index in [2.05, 4.69) is 0 Å². The number of hydrogen-bond donors (Lipinski definition) is 1. The van der Waals surface area contributed by atoms with Gasteiger partial charge in [0.2, 0.25) is 0 Å². The quantitative estimate of drug-likeness (QED) is 0.684. The Bertz CT molecular complexity index is 340. The third kappa shape index (κ3) is 3.09. The Morgan fingerprint density at radius 3 is 2.29 bits per heavy atom. The molecule has 0 saturated carbocycles. The van der Waals surface area contributed by atoms with Gasteiger partial charge in [-0.25, -0.2) is 4.79 Å². The van der Waals surface area contributed by atoms with Crippen LogP contribution in [0.15, 0.2) is 29.2 Å². The van der Waals surface area contributed by atoms with Gasteiger partial charge in [0, 0.05) is 8.47 Å². The van der Waals surface area contributed by atoms with Crippen molar-refractivity contribution in [2.24, 2.45) is 0 Å². The molecule has 0 spiro atoms. The maximum absolute atomic E-state index is 12.7. The number of hydrogen-bond acceptors (Lipinski definition) is 2. The highest BCUT2D eigenvalue weighted by Gasteiger charge is 2.40. The van der Waals surface area contributed by atoms with Crippen molar-refractivity contribution < 1.29 is 18.7 Å². The van der Waals surface area contributed by atoms with Crippen LogP contribution in [-0.4, -0.2) is 16.3 Å². The topological polar surface area (TPSA) is 37.3 Å². The minimum absolute atomic E-state index is 0.0265. The summed E-state index contributed by atoms with van der Waals surface area (Å²) in [6, 6.07) is 6.20. The molecule has 0 radical (unpaired) electrons. The van der Waals surface area contributed by atoms with Crippen LogP contribution >= 0.6 is 34.4 Å². The summed E-state index contributed by atoms with van der Waals surface area (Å²) in [5.41, 5.74) is 0. The fourth-order valence-corrected chi connectivity index (χ4v) is 1.71. The molecule has 0 aromatic heterocycles. The van der Waals surface area contributed by atoms with Crippen molar-refractivity contribution in [1.82, 2.24) is 0 Å². The Balaban J connectivity index is 2.79. The molecule has 0 fully saturated rings. The van der Waals surface area contributed by atoms with E-state index in [1.165, 1.54) is 12.1 Å². The van der Waals surface area contributed by atoms with Crippen molar-refractivity contribution in [3.8, 4) is 0 Å². The fraction of sp³-hybridized carbons (Fsp3) is 0.125. The van der Waals surface area contributed by atoms with Gasteiger partial charge in [-0.15, -0.1) is 0 Å². The molecular weight excluding hydrogens is 325 g/mol. The van der Waals surface area contributed by atoms with Gasteiger partial charge in [-0.3, -0.25) is 0 Å². The van der Waals surface area contributed by atoms with Crippen LogP contribution in [0.3, 0.4) is 0 Å². The Hall–Kier alpha value is -0.370. The number of rotatable bonds is 3. The summed E-state index contributed by atoms with van der Waals surface area (Å²) in [6.45, 7) is 0. The maximum atomic E-state index is 12.7. The van der Waals surface area contributed by atoms with E-state index in [-0.39, 0.29) is 16.7 Å². The lowest BCUT2D eigenvalue weighted by Gasteiger charge is -2.09. The summed E-state index contributed by atoms with van der Waals surface area (Å²) in [6.07, 6.45) is 0. The minimum Gasteiger partial charge on any atom is -0.476 e. The molecule has 0 aliphatic rings. The van der Waals surface area contributed by atoms with Crippen LogP contribution in [-0.2, 0) is 4.79 Å². The van der Waals surface area contributed by atoms with E-state index < -0.39 is 11.2 Å². The first kappa shape index (κ1) is 11.7. The molecule has 0 aliphatic carbocycles. The largest absolute Gasteiger partial charge is 0.476 e. The summed E-state index contributed by atoms with van der Waals surface area (Å²) in [5.74, 6) is -2.12. The Morgan fingerprint density at radius 1 is 1.36 bits per heavy atom. The van der Waals surface area contributed by atoms with E-state index in [9.17, 15) is 13.6 Å². The van der Waals surface area contributed by atoms with Crippen molar-refractivity contribution in [3.05, 3.63) is 27.8 Å². The van der Waals surface area contributed by atoms with Crippen LogP contribution in [0.5, 0.6) is 0 Å². The molecule has 1 rings (SSSR count). The predicted octanol–water partition coefficient (Wildman–Crippen LogP) is 3.06. The number of benzene rings is 1. The third-order valence-electron chi connectivity index (χ3n) is 1.31. The third-order valence-corrected chi connectivity index (χ3v) is 2.97. The van der Waals surface area contributed by atoms with Gasteiger partial charge in [-0.2, -0.15) is 8.78 Å². The van der Waals surface area contributed by atoms with E-state index in [1.54, 1.807) is 12.1 Å². The predicted molar refractivity (Wildman–Crippen MR) is 57.6 cm³/mol. The van der Waals surface area contributed by atoms with Gasteiger partial charge in [0.05, 0.1) is 0 Å². The SMILES string of the molecule is O=C(O)C(F)(F)Sc1ccc(I)cc1. The highest BCUT2D eigenvalue weighted by Crippen LogP contribution is 2.35. The van der Waals surface area contributed by atoms with Gasteiger partial charge in [0.15, 0.2) is 0 Å². The van der Waals surface area contributed by atoms with Gasteiger partial charge in [-0.1, -0.05) is 0 Å². The lowest BCUT2D eigenvalue weighted by molar-refractivity contribution is -0.152. The van der Waals surface area contributed by atoms with Gasteiger partial charge in [0.25, 0.3) is 0 Å². The molecule has 0 atom stereocenters. The summed E-state index contributed by atoms with van der Waals surface area (Å²) in [4.78, 5) is 10.4.